The summed E-state index contributed by atoms with van der Waals surface area (Å²) in [6, 6.07) is 14.6. The molecular formula is C24H24S2. The van der Waals surface area contributed by atoms with E-state index in [0.29, 0.717) is 17.8 Å². The van der Waals surface area contributed by atoms with Gasteiger partial charge in [-0.15, -0.1) is 22.7 Å². The molecule has 0 amide bonds. The standard InChI is InChI=1S/C24H24S2/c1-12(2)21-8-15-6-19-17(10-23(15)25-21)14(5)18-11-24-16(7-20(18)19)9-22(26-24)13(3)4/h6-14H,1-5H3. The van der Waals surface area contributed by atoms with Gasteiger partial charge in [0.2, 0.25) is 0 Å². The number of thiophene rings is 2. The van der Waals surface area contributed by atoms with Crippen molar-refractivity contribution in [2.45, 2.75) is 52.4 Å². The van der Waals surface area contributed by atoms with Crippen LogP contribution in [0.3, 0.4) is 0 Å². The third-order valence-corrected chi connectivity index (χ3v) is 8.57. The van der Waals surface area contributed by atoms with Crippen molar-refractivity contribution in [2.75, 3.05) is 0 Å². The molecule has 2 aromatic heterocycles. The Balaban J connectivity index is 1.73. The Hall–Kier alpha value is -1.64. The molecule has 0 atom stereocenters. The molecular weight excluding hydrogens is 352 g/mol. The molecule has 0 radical (unpaired) electrons. The molecule has 1 aliphatic carbocycles. The molecule has 0 saturated heterocycles. The van der Waals surface area contributed by atoms with Gasteiger partial charge in [-0.05, 0) is 81.3 Å². The van der Waals surface area contributed by atoms with E-state index in [1.807, 2.05) is 22.7 Å². The minimum absolute atomic E-state index is 0.489. The Bertz CT molecular complexity index is 1060. The summed E-state index contributed by atoms with van der Waals surface area (Å²) in [6.45, 7) is 11.5. The summed E-state index contributed by atoms with van der Waals surface area (Å²) in [5, 5.41) is 2.82. The van der Waals surface area contributed by atoms with Crippen LogP contribution in [0.25, 0.3) is 31.3 Å². The zero-order valence-corrected chi connectivity index (χ0v) is 17.6. The molecule has 5 rings (SSSR count). The normalized spacial score (nSPS) is 14.1. The minimum Gasteiger partial charge on any atom is -0.140 e. The van der Waals surface area contributed by atoms with Crippen molar-refractivity contribution in [1.29, 1.82) is 0 Å². The van der Waals surface area contributed by atoms with Crippen LogP contribution >= 0.6 is 22.7 Å². The van der Waals surface area contributed by atoms with Gasteiger partial charge in [-0.25, -0.2) is 0 Å². The maximum atomic E-state index is 2.46. The number of fused-ring (bicyclic) bond motifs is 5. The van der Waals surface area contributed by atoms with Crippen molar-refractivity contribution in [1.82, 2.24) is 0 Å². The van der Waals surface area contributed by atoms with Gasteiger partial charge in [-0.2, -0.15) is 0 Å². The molecule has 0 unspecified atom stereocenters. The van der Waals surface area contributed by atoms with Gasteiger partial charge >= 0.3 is 0 Å². The monoisotopic (exact) mass is 376 g/mol. The summed E-state index contributed by atoms with van der Waals surface area (Å²) < 4.78 is 2.88. The van der Waals surface area contributed by atoms with Gasteiger partial charge in [0.1, 0.15) is 0 Å². The quantitative estimate of drug-likeness (QED) is 0.329. The van der Waals surface area contributed by atoms with Crippen molar-refractivity contribution >= 4 is 42.8 Å². The smallest absolute Gasteiger partial charge is 0.0349 e. The van der Waals surface area contributed by atoms with E-state index in [1.165, 1.54) is 52.2 Å². The molecule has 0 bridgehead atoms. The molecule has 0 nitrogen and oxygen atoms in total. The fourth-order valence-corrected chi connectivity index (χ4v) is 6.36. The first-order valence-electron chi connectivity index (χ1n) is 9.57. The van der Waals surface area contributed by atoms with Crippen molar-refractivity contribution in [3.05, 3.63) is 57.3 Å². The first-order chi connectivity index (χ1) is 12.4. The Morgan fingerprint density at radius 1 is 0.654 bits per heavy atom. The van der Waals surface area contributed by atoms with E-state index in [1.54, 1.807) is 0 Å². The highest BCUT2D eigenvalue weighted by Crippen LogP contribution is 2.49. The van der Waals surface area contributed by atoms with Gasteiger partial charge in [-0.3, -0.25) is 0 Å². The van der Waals surface area contributed by atoms with E-state index in [9.17, 15) is 0 Å². The summed E-state index contributed by atoms with van der Waals surface area (Å²) in [6.07, 6.45) is 0. The van der Waals surface area contributed by atoms with Crippen LogP contribution in [0.1, 0.15) is 73.3 Å². The fraction of sp³-hybridized carbons (Fsp3) is 0.333. The van der Waals surface area contributed by atoms with E-state index in [4.69, 9.17) is 0 Å². The van der Waals surface area contributed by atoms with E-state index < -0.39 is 0 Å². The van der Waals surface area contributed by atoms with Crippen LogP contribution in [0.2, 0.25) is 0 Å². The van der Waals surface area contributed by atoms with Crippen LogP contribution in [0.15, 0.2) is 36.4 Å². The van der Waals surface area contributed by atoms with Crippen molar-refractivity contribution in [2.24, 2.45) is 0 Å². The summed E-state index contributed by atoms with van der Waals surface area (Å²) in [4.78, 5) is 2.98. The van der Waals surface area contributed by atoms with Crippen LogP contribution in [0.5, 0.6) is 0 Å². The van der Waals surface area contributed by atoms with Crippen LogP contribution in [-0.2, 0) is 0 Å². The van der Waals surface area contributed by atoms with E-state index in [-0.39, 0.29) is 0 Å². The fourth-order valence-electron chi connectivity index (χ4n) is 4.17. The molecule has 0 saturated carbocycles. The van der Waals surface area contributed by atoms with E-state index in [2.05, 4.69) is 71.0 Å². The Morgan fingerprint density at radius 2 is 1.08 bits per heavy atom. The largest absolute Gasteiger partial charge is 0.140 e. The zero-order chi connectivity index (χ0) is 18.2. The lowest BCUT2D eigenvalue weighted by Crippen LogP contribution is -1.88. The van der Waals surface area contributed by atoms with Crippen LogP contribution < -0.4 is 0 Å². The summed E-state index contributed by atoms with van der Waals surface area (Å²) >= 11 is 3.93. The molecule has 0 N–H and O–H groups in total. The second-order valence-corrected chi connectivity index (χ2v) is 10.5. The average Bonchev–Trinajstić information content (AvgIpc) is 3.27. The van der Waals surface area contributed by atoms with Crippen molar-refractivity contribution in [3.63, 3.8) is 0 Å². The summed E-state index contributed by atoms with van der Waals surface area (Å²) in [5.74, 6) is 1.70. The first-order valence-corrected chi connectivity index (χ1v) is 11.2. The molecule has 132 valence electrons. The predicted molar refractivity (Wildman–Crippen MR) is 118 cm³/mol. The molecule has 4 aromatic rings. The van der Waals surface area contributed by atoms with Gasteiger partial charge in [0.15, 0.2) is 0 Å². The second-order valence-electron chi connectivity index (χ2n) is 8.28. The SMILES string of the molecule is CC(C)c1cc2cc3c(cc2s1)C(C)c1cc2sc(C(C)C)cc2cc1-3. The molecule has 0 aliphatic heterocycles. The van der Waals surface area contributed by atoms with Crippen LogP contribution in [0.4, 0.5) is 0 Å². The molecule has 1 aliphatic rings. The Morgan fingerprint density at radius 3 is 1.46 bits per heavy atom. The predicted octanol–water partition coefficient (Wildman–Crippen LogP) is 8.50. The lowest BCUT2D eigenvalue weighted by Gasteiger charge is -2.06. The van der Waals surface area contributed by atoms with E-state index >= 15 is 0 Å². The maximum Gasteiger partial charge on any atom is 0.0349 e. The third-order valence-electron chi connectivity index (χ3n) is 5.78. The Labute approximate surface area is 163 Å². The van der Waals surface area contributed by atoms with Gasteiger partial charge in [0.05, 0.1) is 0 Å². The molecule has 26 heavy (non-hydrogen) atoms. The molecule has 2 heterocycles. The summed E-state index contributed by atoms with van der Waals surface area (Å²) in [7, 11) is 0. The average molecular weight is 377 g/mol. The van der Waals surface area contributed by atoms with Crippen LogP contribution in [0, 0.1) is 0 Å². The molecule has 0 spiro atoms. The van der Waals surface area contributed by atoms with E-state index in [0.717, 1.165) is 0 Å². The first kappa shape index (κ1) is 16.5. The van der Waals surface area contributed by atoms with Gasteiger partial charge < -0.3 is 0 Å². The number of hydrogen-bond donors (Lipinski definition) is 0. The maximum absolute atomic E-state index is 2.46. The topological polar surface area (TPSA) is 0 Å². The van der Waals surface area contributed by atoms with Gasteiger partial charge in [0, 0.05) is 25.1 Å². The third kappa shape index (κ3) is 2.32. The molecule has 2 aromatic carbocycles. The molecule has 0 fully saturated rings. The zero-order valence-electron chi connectivity index (χ0n) is 16.0. The number of rotatable bonds is 2. The second kappa shape index (κ2) is 5.68. The van der Waals surface area contributed by atoms with Crippen molar-refractivity contribution < 1.29 is 0 Å². The Kier molecular flexibility index (Phi) is 3.61. The lowest BCUT2D eigenvalue weighted by atomic mass is 9.98. The van der Waals surface area contributed by atoms with Gasteiger partial charge in [0.25, 0.3) is 0 Å². The minimum atomic E-state index is 0.489. The summed E-state index contributed by atoms with van der Waals surface area (Å²) in [5.41, 5.74) is 5.91. The highest BCUT2D eigenvalue weighted by Gasteiger charge is 2.27. The van der Waals surface area contributed by atoms with Gasteiger partial charge in [-0.1, -0.05) is 34.6 Å². The highest BCUT2D eigenvalue weighted by molar-refractivity contribution is 7.19. The molecule has 2 heteroatoms. The number of benzene rings is 2. The number of hydrogen-bond acceptors (Lipinski definition) is 2. The highest BCUT2D eigenvalue weighted by atomic mass is 32.1. The lowest BCUT2D eigenvalue weighted by molar-refractivity contribution is 0.890. The van der Waals surface area contributed by atoms with Crippen LogP contribution in [-0.4, -0.2) is 0 Å². The van der Waals surface area contributed by atoms with Crippen molar-refractivity contribution in [3.8, 4) is 11.1 Å².